The van der Waals surface area contributed by atoms with E-state index in [1.165, 1.54) is 29.1 Å². The van der Waals surface area contributed by atoms with Crippen molar-refractivity contribution in [1.29, 1.82) is 0 Å². The van der Waals surface area contributed by atoms with Crippen molar-refractivity contribution >= 4 is 16.7 Å². The quantitative estimate of drug-likeness (QED) is 0.421. The molecule has 0 amide bonds. The van der Waals surface area contributed by atoms with E-state index >= 15 is 0 Å². The Bertz CT molecular complexity index is 1150. The Labute approximate surface area is 140 Å². The number of nitro groups is 1. The average Bonchev–Trinajstić information content (AvgIpc) is 3.07. The first-order chi connectivity index (χ1) is 12.1. The maximum Gasteiger partial charge on any atom is 0.350 e. The predicted molar refractivity (Wildman–Crippen MR) is 89.5 cm³/mol. The van der Waals surface area contributed by atoms with Gasteiger partial charge < -0.3 is 4.42 Å². The summed E-state index contributed by atoms with van der Waals surface area (Å²) in [4.78, 5) is 27.3. The largest absolute Gasteiger partial charge is 0.403 e. The van der Waals surface area contributed by atoms with Crippen LogP contribution >= 0.6 is 0 Å². The van der Waals surface area contributed by atoms with E-state index in [2.05, 4.69) is 10.1 Å². The molecule has 0 N–H and O–H groups in total. The Morgan fingerprint density at radius 2 is 1.76 bits per heavy atom. The van der Waals surface area contributed by atoms with Gasteiger partial charge in [-0.15, -0.1) is 0 Å². The van der Waals surface area contributed by atoms with E-state index in [9.17, 15) is 14.9 Å². The van der Waals surface area contributed by atoms with Crippen molar-refractivity contribution in [2.75, 3.05) is 0 Å². The lowest BCUT2D eigenvalue weighted by atomic mass is 10.2. The highest BCUT2D eigenvalue weighted by atomic mass is 16.6. The Kier molecular flexibility index (Phi) is 3.35. The summed E-state index contributed by atoms with van der Waals surface area (Å²) in [5.74, 6) is -0.123. The van der Waals surface area contributed by atoms with Gasteiger partial charge in [-0.05, 0) is 18.2 Å². The molecule has 0 unspecified atom stereocenters. The molecule has 2 aromatic carbocycles. The molecule has 8 nitrogen and oxygen atoms in total. The molecule has 0 aliphatic heterocycles. The van der Waals surface area contributed by atoms with Crippen LogP contribution in [-0.4, -0.2) is 19.7 Å². The number of para-hydroxylation sites is 2. The smallest absolute Gasteiger partial charge is 0.350 e. The monoisotopic (exact) mass is 334 g/mol. The van der Waals surface area contributed by atoms with E-state index in [1.807, 2.05) is 30.3 Å². The molecule has 0 aliphatic carbocycles. The molecule has 0 fully saturated rings. The third-order valence-corrected chi connectivity index (χ3v) is 3.69. The van der Waals surface area contributed by atoms with E-state index in [0.29, 0.717) is 5.69 Å². The van der Waals surface area contributed by atoms with Crippen LogP contribution in [0.5, 0.6) is 0 Å². The van der Waals surface area contributed by atoms with E-state index in [-0.39, 0.29) is 28.2 Å². The number of benzene rings is 2. The summed E-state index contributed by atoms with van der Waals surface area (Å²) in [6, 6.07) is 15.1. The molecule has 2 heterocycles. The summed E-state index contributed by atoms with van der Waals surface area (Å²) >= 11 is 0. The van der Waals surface area contributed by atoms with Crippen LogP contribution in [0.4, 0.5) is 5.69 Å². The molecule has 0 saturated heterocycles. The summed E-state index contributed by atoms with van der Waals surface area (Å²) in [7, 11) is 0. The van der Waals surface area contributed by atoms with E-state index < -0.39 is 10.5 Å². The molecular weight excluding hydrogens is 324 g/mol. The van der Waals surface area contributed by atoms with Crippen LogP contribution in [0.2, 0.25) is 0 Å². The fourth-order valence-electron chi connectivity index (χ4n) is 2.54. The second-order valence-corrected chi connectivity index (χ2v) is 5.21. The number of hydrogen-bond acceptors (Lipinski definition) is 6. The number of hydrogen-bond donors (Lipinski definition) is 0. The fourth-order valence-corrected chi connectivity index (χ4v) is 2.54. The van der Waals surface area contributed by atoms with Gasteiger partial charge in [-0.25, -0.2) is 9.48 Å². The molecule has 8 heteroatoms. The standard InChI is InChI=1S/C17H10N4O4/c22-17-13-10-18-20(11-6-2-1-3-7-11)15(13)19-16(25-17)12-8-4-5-9-14(12)21(23)24/h1-10H. The summed E-state index contributed by atoms with van der Waals surface area (Å²) in [6.07, 6.45) is 1.37. The Morgan fingerprint density at radius 1 is 1.04 bits per heavy atom. The van der Waals surface area contributed by atoms with Gasteiger partial charge in [0.1, 0.15) is 10.9 Å². The highest BCUT2D eigenvalue weighted by molar-refractivity contribution is 5.77. The maximum absolute atomic E-state index is 12.3. The third-order valence-electron chi connectivity index (χ3n) is 3.69. The lowest BCUT2D eigenvalue weighted by Gasteiger charge is -2.04. The van der Waals surface area contributed by atoms with Crippen LogP contribution in [0.15, 0.2) is 70.0 Å². The zero-order valence-electron chi connectivity index (χ0n) is 12.7. The van der Waals surface area contributed by atoms with Crippen molar-refractivity contribution in [3.05, 3.63) is 81.3 Å². The molecule has 4 aromatic rings. The molecule has 4 rings (SSSR count). The van der Waals surface area contributed by atoms with E-state index in [0.717, 1.165) is 0 Å². The summed E-state index contributed by atoms with van der Waals surface area (Å²) in [5, 5.41) is 15.6. The van der Waals surface area contributed by atoms with Crippen molar-refractivity contribution in [2.24, 2.45) is 0 Å². The van der Waals surface area contributed by atoms with Crippen LogP contribution in [0.1, 0.15) is 0 Å². The molecular formula is C17H10N4O4. The average molecular weight is 334 g/mol. The van der Waals surface area contributed by atoms with Gasteiger partial charge in [0.2, 0.25) is 5.89 Å². The van der Waals surface area contributed by atoms with Gasteiger partial charge in [-0.2, -0.15) is 10.1 Å². The van der Waals surface area contributed by atoms with Gasteiger partial charge in [-0.1, -0.05) is 30.3 Å². The molecule has 0 radical (unpaired) electrons. The zero-order valence-corrected chi connectivity index (χ0v) is 12.7. The molecule has 0 atom stereocenters. The first-order valence-electron chi connectivity index (χ1n) is 7.33. The Balaban J connectivity index is 1.99. The van der Waals surface area contributed by atoms with Crippen LogP contribution in [0.25, 0.3) is 28.2 Å². The summed E-state index contributed by atoms with van der Waals surface area (Å²) in [6.45, 7) is 0. The molecule has 0 aliphatic rings. The zero-order chi connectivity index (χ0) is 17.4. The minimum Gasteiger partial charge on any atom is -0.403 e. The number of nitro benzene ring substituents is 1. The minimum absolute atomic E-state index is 0.123. The van der Waals surface area contributed by atoms with Crippen molar-refractivity contribution in [3.63, 3.8) is 0 Å². The number of fused-ring (bicyclic) bond motifs is 1. The molecule has 0 bridgehead atoms. The van der Waals surface area contributed by atoms with Gasteiger partial charge in [0.25, 0.3) is 5.69 Å². The lowest BCUT2D eigenvalue weighted by Crippen LogP contribution is -2.05. The van der Waals surface area contributed by atoms with Crippen LogP contribution in [0.3, 0.4) is 0 Å². The Morgan fingerprint density at radius 3 is 2.52 bits per heavy atom. The van der Waals surface area contributed by atoms with Crippen LogP contribution in [0, 0.1) is 10.1 Å². The van der Waals surface area contributed by atoms with Gasteiger partial charge >= 0.3 is 5.63 Å². The van der Waals surface area contributed by atoms with Gasteiger partial charge in [0, 0.05) is 6.07 Å². The lowest BCUT2D eigenvalue weighted by molar-refractivity contribution is -0.384. The SMILES string of the molecule is O=c1oc(-c2ccccc2[N+](=O)[O-])nc2c1cnn2-c1ccccc1. The molecule has 25 heavy (non-hydrogen) atoms. The molecule has 122 valence electrons. The van der Waals surface area contributed by atoms with Gasteiger partial charge in [-0.3, -0.25) is 10.1 Å². The third kappa shape index (κ3) is 2.45. The topological polar surface area (TPSA) is 104 Å². The summed E-state index contributed by atoms with van der Waals surface area (Å²) < 4.78 is 6.68. The van der Waals surface area contributed by atoms with Crippen molar-refractivity contribution in [2.45, 2.75) is 0 Å². The molecule has 0 saturated carbocycles. The van der Waals surface area contributed by atoms with Crippen molar-refractivity contribution in [1.82, 2.24) is 14.8 Å². The van der Waals surface area contributed by atoms with E-state index in [1.54, 1.807) is 6.07 Å². The normalized spacial score (nSPS) is 10.9. The van der Waals surface area contributed by atoms with Crippen LogP contribution < -0.4 is 5.63 Å². The number of nitrogens with zero attached hydrogens (tertiary/aromatic N) is 4. The summed E-state index contributed by atoms with van der Waals surface area (Å²) in [5.41, 5.74) is 0.274. The highest BCUT2D eigenvalue weighted by Crippen LogP contribution is 2.28. The highest BCUT2D eigenvalue weighted by Gasteiger charge is 2.20. The number of rotatable bonds is 3. The van der Waals surface area contributed by atoms with E-state index in [4.69, 9.17) is 4.42 Å². The molecule has 2 aromatic heterocycles. The second kappa shape index (κ2) is 5.68. The maximum atomic E-state index is 12.3. The number of aromatic nitrogens is 3. The van der Waals surface area contributed by atoms with Gasteiger partial charge in [0.05, 0.1) is 16.8 Å². The van der Waals surface area contributed by atoms with Crippen molar-refractivity contribution < 1.29 is 9.34 Å². The molecule has 0 spiro atoms. The first kappa shape index (κ1) is 14.8. The van der Waals surface area contributed by atoms with Crippen LogP contribution in [-0.2, 0) is 0 Å². The van der Waals surface area contributed by atoms with Gasteiger partial charge in [0.15, 0.2) is 5.65 Å². The second-order valence-electron chi connectivity index (χ2n) is 5.21. The Hall–Kier alpha value is -3.81. The fraction of sp³-hybridized carbons (Fsp3) is 0. The minimum atomic E-state index is -0.652. The predicted octanol–water partition coefficient (Wildman–Crippen LogP) is 2.95. The first-order valence-corrected chi connectivity index (χ1v) is 7.33. The van der Waals surface area contributed by atoms with Crippen molar-refractivity contribution in [3.8, 4) is 17.1 Å².